The molecule has 0 atom stereocenters. The van der Waals surface area contributed by atoms with Crippen LogP contribution in [0.5, 0.6) is 0 Å². The summed E-state index contributed by atoms with van der Waals surface area (Å²) in [5.74, 6) is 3.87. The average Bonchev–Trinajstić information content (AvgIpc) is 3.95. The highest BCUT2D eigenvalue weighted by atomic mass is 16.4. The van der Waals surface area contributed by atoms with E-state index < -0.39 is 21.7 Å². The Labute approximate surface area is 349 Å². The van der Waals surface area contributed by atoms with Gasteiger partial charge in [0.05, 0.1) is 11.1 Å². The number of carbonyl (C=O) groups excluding carboxylic acids is 2. The van der Waals surface area contributed by atoms with Gasteiger partial charge in [0.15, 0.2) is 11.6 Å². The summed E-state index contributed by atoms with van der Waals surface area (Å²) in [6, 6.07) is 31.8. The summed E-state index contributed by atoms with van der Waals surface area (Å²) in [6.07, 6.45) is 8.01. The SMILES string of the molecule is CC(C)(C)C1=CC(=C(c2ccc(C(=C3C=C(C(C)(C)C)C(=O)C(C(C)(C)C)=C3)c3ccc(-c4ccccc4)o3)o2)c2ccc(-c3ccccc3)o2)C=C(C(C)(C)C)C1=O. The number of Topliss-reactive ketones (excluding diaryl/α,β-unsaturated/α-hetero) is 2. The molecule has 2 aromatic carbocycles. The Kier molecular flexibility index (Phi) is 10.5. The molecule has 5 heteroatoms. The summed E-state index contributed by atoms with van der Waals surface area (Å²) in [7, 11) is 0. The van der Waals surface area contributed by atoms with Gasteiger partial charge in [0.25, 0.3) is 0 Å². The molecule has 0 saturated heterocycles. The number of benzene rings is 2. The Balaban J connectivity index is 1.52. The van der Waals surface area contributed by atoms with Crippen molar-refractivity contribution in [2.45, 2.75) is 83.1 Å². The molecule has 0 bridgehead atoms. The molecule has 0 radical (unpaired) electrons. The normalized spacial score (nSPS) is 15.5. The van der Waals surface area contributed by atoms with Gasteiger partial charge >= 0.3 is 0 Å². The van der Waals surface area contributed by atoms with Crippen molar-refractivity contribution in [2.24, 2.45) is 21.7 Å². The lowest BCUT2D eigenvalue weighted by molar-refractivity contribution is -0.114. The summed E-state index contributed by atoms with van der Waals surface area (Å²) < 4.78 is 20.5. The van der Waals surface area contributed by atoms with Gasteiger partial charge in [-0.2, -0.15) is 0 Å². The predicted octanol–water partition coefficient (Wildman–Crippen LogP) is 14.5. The first kappa shape index (κ1) is 41.2. The van der Waals surface area contributed by atoms with E-state index in [4.69, 9.17) is 13.3 Å². The van der Waals surface area contributed by atoms with Crippen LogP contribution in [0, 0.1) is 21.7 Å². The molecule has 5 nitrogen and oxygen atoms in total. The zero-order valence-corrected chi connectivity index (χ0v) is 36.6. The number of allylic oxidation sites excluding steroid dienone is 10. The number of ketones is 2. The van der Waals surface area contributed by atoms with E-state index in [1.54, 1.807) is 0 Å². The van der Waals surface area contributed by atoms with Gasteiger partial charge in [-0.1, -0.05) is 144 Å². The molecule has 0 saturated carbocycles. The Morgan fingerprint density at radius 2 is 0.627 bits per heavy atom. The number of hydrogen-bond acceptors (Lipinski definition) is 5. The van der Waals surface area contributed by atoms with Crippen molar-refractivity contribution in [3.8, 4) is 22.6 Å². The highest BCUT2D eigenvalue weighted by molar-refractivity contribution is 6.13. The van der Waals surface area contributed by atoms with E-state index in [0.29, 0.717) is 23.0 Å². The molecular formula is C54H56O5. The van der Waals surface area contributed by atoms with Gasteiger partial charge in [0, 0.05) is 33.4 Å². The van der Waals surface area contributed by atoms with E-state index in [1.807, 2.05) is 121 Å². The van der Waals surface area contributed by atoms with E-state index >= 15 is 0 Å². The van der Waals surface area contributed by atoms with Gasteiger partial charge in [-0.15, -0.1) is 0 Å². The second-order valence-corrected chi connectivity index (χ2v) is 19.8. The van der Waals surface area contributed by atoms with Gasteiger partial charge < -0.3 is 13.3 Å². The first-order valence-electron chi connectivity index (χ1n) is 20.5. The molecule has 302 valence electrons. The van der Waals surface area contributed by atoms with Crippen LogP contribution in [0.3, 0.4) is 0 Å². The van der Waals surface area contributed by atoms with Crippen LogP contribution in [-0.2, 0) is 9.59 Å². The maximum atomic E-state index is 14.1. The van der Waals surface area contributed by atoms with Gasteiger partial charge in [-0.05, 0) is 93.5 Å². The van der Waals surface area contributed by atoms with Crippen molar-refractivity contribution in [2.75, 3.05) is 0 Å². The largest absolute Gasteiger partial charge is 0.456 e. The quantitative estimate of drug-likeness (QED) is 0.171. The first-order chi connectivity index (χ1) is 27.6. The molecule has 7 rings (SSSR count). The van der Waals surface area contributed by atoms with E-state index in [0.717, 1.165) is 67.2 Å². The van der Waals surface area contributed by atoms with Gasteiger partial charge in [0.1, 0.15) is 34.6 Å². The van der Waals surface area contributed by atoms with Gasteiger partial charge in [-0.25, -0.2) is 0 Å². The van der Waals surface area contributed by atoms with Crippen molar-refractivity contribution in [3.05, 3.63) is 178 Å². The Hall–Kier alpha value is -5.94. The molecule has 0 unspecified atom stereocenters. The number of furan rings is 3. The smallest absolute Gasteiger partial charge is 0.186 e. The van der Waals surface area contributed by atoms with Crippen LogP contribution in [0.15, 0.2) is 168 Å². The second-order valence-electron chi connectivity index (χ2n) is 19.8. The minimum atomic E-state index is -0.426. The lowest BCUT2D eigenvalue weighted by Gasteiger charge is -2.31. The molecule has 0 spiro atoms. The standard InChI is InChI=1S/C54H56O5/c1-51(2,3)37-29-35(30-38(49(37)55)52(4,5)6)47(43-25-23-41(57-43)33-19-15-13-16-20-33)45-27-28-46(59-45)48(44-26-24-42(58-44)34-21-17-14-18-22-34)36-31-39(53(7,8)9)50(56)40(32-36)54(10,11)12/h13-32H,1-12H3. The van der Waals surface area contributed by atoms with Crippen molar-refractivity contribution in [1.29, 1.82) is 0 Å². The number of rotatable bonds is 6. The molecule has 3 aromatic heterocycles. The van der Waals surface area contributed by atoms with Crippen LogP contribution < -0.4 is 0 Å². The fraction of sp³-hybridized carbons (Fsp3) is 0.296. The fourth-order valence-electron chi connectivity index (χ4n) is 7.65. The van der Waals surface area contributed by atoms with Crippen LogP contribution in [0.4, 0.5) is 0 Å². The monoisotopic (exact) mass is 784 g/mol. The molecule has 2 aliphatic carbocycles. The van der Waals surface area contributed by atoms with Gasteiger partial charge in [0.2, 0.25) is 0 Å². The molecule has 0 amide bonds. The molecule has 0 aliphatic heterocycles. The lowest BCUT2D eigenvalue weighted by Crippen LogP contribution is -2.28. The Morgan fingerprint density at radius 3 is 0.915 bits per heavy atom. The summed E-state index contributed by atoms with van der Waals surface area (Å²) >= 11 is 0. The fourth-order valence-corrected chi connectivity index (χ4v) is 7.65. The summed E-state index contributed by atoms with van der Waals surface area (Å²) in [5, 5.41) is 0. The third-order valence-corrected chi connectivity index (χ3v) is 10.9. The highest BCUT2D eigenvalue weighted by Gasteiger charge is 2.37. The Morgan fingerprint density at radius 1 is 0.356 bits per heavy atom. The predicted molar refractivity (Wildman–Crippen MR) is 239 cm³/mol. The molecule has 5 aromatic rings. The molecule has 3 heterocycles. The van der Waals surface area contributed by atoms with Crippen LogP contribution in [0.1, 0.15) is 106 Å². The van der Waals surface area contributed by atoms with Crippen LogP contribution in [-0.4, -0.2) is 11.6 Å². The van der Waals surface area contributed by atoms with E-state index in [2.05, 4.69) is 83.1 Å². The number of hydrogen-bond donors (Lipinski definition) is 0. The highest BCUT2D eigenvalue weighted by Crippen LogP contribution is 2.46. The third kappa shape index (κ3) is 8.34. The molecule has 2 aliphatic rings. The van der Waals surface area contributed by atoms with Crippen molar-refractivity contribution in [1.82, 2.24) is 0 Å². The van der Waals surface area contributed by atoms with Gasteiger partial charge in [-0.3, -0.25) is 9.59 Å². The van der Waals surface area contributed by atoms with Crippen molar-refractivity contribution in [3.63, 3.8) is 0 Å². The summed E-state index contributed by atoms with van der Waals surface area (Å²) in [6.45, 7) is 24.9. The molecule has 0 fully saturated rings. The minimum Gasteiger partial charge on any atom is -0.456 e. The van der Waals surface area contributed by atoms with Crippen molar-refractivity contribution >= 4 is 22.7 Å². The molecular weight excluding hydrogens is 729 g/mol. The van der Waals surface area contributed by atoms with Crippen LogP contribution in [0.2, 0.25) is 0 Å². The van der Waals surface area contributed by atoms with Crippen LogP contribution in [0.25, 0.3) is 33.8 Å². The zero-order valence-electron chi connectivity index (χ0n) is 36.6. The van der Waals surface area contributed by atoms with Crippen molar-refractivity contribution < 1.29 is 22.8 Å². The van der Waals surface area contributed by atoms with E-state index in [9.17, 15) is 9.59 Å². The Bertz CT molecular complexity index is 2370. The maximum Gasteiger partial charge on any atom is 0.186 e. The third-order valence-electron chi connectivity index (χ3n) is 10.9. The molecule has 0 N–H and O–H groups in total. The molecule has 59 heavy (non-hydrogen) atoms. The van der Waals surface area contributed by atoms with Crippen LogP contribution >= 0.6 is 0 Å². The first-order valence-corrected chi connectivity index (χ1v) is 20.5. The average molecular weight is 785 g/mol. The minimum absolute atomic E-state index is 0.0476. The van der Waals surface area contributed by atoms with E-state index in [1.165, 1.54) is 0 Å². The second kappa shape index (κ2) is 15.0. The zero-order chi connectivity index (χ0) is 42.7. The number of carbonyl (C=O) groups is 2. The summed E-state index contributed by atoms with van der Waals surface area (Å²) in [4.78, 5) is 28.3. The lowest BCUT2D eigenvalue weighted by atomic mass is 9.71. The topological polar surface area (TPSA) is 73.6 Å². The summed E-state index contributed by atoms with van der Waals surface area (Å²) in [5.41, 5.74) is 6.16. The maximum absolute atomic E-state index is 14.1. The van der Waals surface area contributed by atoms with E-state index in [-0.39, 0.29) is 11.6 Å².